The lowest BCUT2D eigenvalue weighted by molar-refractivity contribution is -0.141. The maximum Gasteiger partial charge on any atom is 0.435 e. The summed E-state index contributed by atoms with van der Waals surface area (Å²) < 4.78 is 63.7. The molecule has 0 aliphatic carbocycles. The third-order valence-electron chi connectivity index (χ3n) is 3.66. The van der Waals surface area contributed by atoms with E-state index in [9.17, 15) is 21.6 Å². The quantitative estimate of drug-likeness (QED) is 0.645. The van der Waals surface area contributed by atoms with Crippen LogP contribution < -0.4 is 0 Å². The predicted octanol–water partition coefficient (Wildman–Crippen LogP) is 4.62. The van der Waals surface area contributed by atoms with Gasteiger partial charge in [0.05, 0.1) is 21.3 Å². The van der Waals surface area contributed by atoms with Crippen molar-refractivity contribution in [1.29, 1.82) is 0 Å². The van der Waals surface area contributed by atoms with Gasteiger partial charge in [-0.3, -0.25) is 0 Å². The lowest BCUT2D eigenvalue weighted by Gasteiger charge is -2.09. The zero-order valence-corrected chi connectivity index (χ0v) is 14.9. The van der Waals surface area contributed by atoms with E-state index < -0.39 is 21.7 Å². The minimum absolute atomic E-state index is 0.0705. The van der Waals surface area contributed by atoms with E-state index >= 15 is 0 Å². The lowest BCUT2D eigenvalue weighted by atomic mass is 10.1. The molecule has 0 bridgehead atoms. The summed E-state index contributed by atoms with van der Waals surface area (Å²) in [4.78, 5) is 0.0705. The van der Waals surface area contributed by atoms with Crippen LogP contribution in [0.5, 0.6) is 0 Å². The number of rotatable bonds is 3. The number of benzene rings is 2. The fraction of sp³-hybridized carbons (Fsp3) is 0.118. The highest BCUT2D eigenvalue weighted by molar-refractivity contribution is 7.90. The van der Waals surface area contributed by atoms with Crippen LogP contribution in [0.25, 0.3) is 16.9 Å². The van der Waals surface area contributed by atoms with E-state index in [-0.39, 0.29) is 21.3 Å². The fourth-order valence-corrected chi connectivity index (χ4v) is 3.25. The maximum absolute atomic E-state index is 13.1. The molecule has 0 aliphatic rings. The van der Waals surface area contributed by atoms with Gasteiger partial charge in [0.15, 0.2) is 15.5 Å². The molecule has 0 atom stereocenters. The molecule has 0 spiro atoms. The summed E-state index contributed by atoms with van der Waals surface area (Å²) in [6.45, 7) is 0. The lowest BCUT2D eigenvalue weighted by Crippen LogP contribution is -2.07. The molecule has 3 aromatic rings. The molecule has 9 heteroatoms. The van der Waals surface area contributed by atoms with Crippen LogP contribution in [-0.2, 0) is 16.0 Å². The first kappa shape index (κ1) is 18.5. The Hall–Kier alpha value is -2.32. The van der Waals surface area contributed by atoms with E-state index in [4.69, 9.17) is 11.6 Å². The highest BCUT2D eigenvalue weighted by Gasteiger charge is 2.35. The van der Waals surface area contributed by atoms with Gasteiger partial charge in [-0.05, 0) is 30.3 Å². The van der Waals surface area contributed by atoms with Gasteiger partial charge in [0.2, 0.25) is 0 Å². The molecule has 1 heterocycles. The van der Waals surface area contributed by atoms with Crippen LogP contribution in [0.15, 0.2) is 59.5 Å². The minimum Gasteiger partial charge on any atom is -0.231 e. The zero-order valence-electron chi connectivity index (χ0n) is 13.3. The predicted molar refractivity (Wildman–Crippen MR) is 92.1 cm³/mol. The molecule has 26 heavy (non-hydrogen) atoms. The molecule has 3 rings (SSSR count). The van der Waals surface area contributed by atoms with Gasteiger partial charge >= 0.3 is 6.18 Å². The monoisotopic (exact) mass is 400 g/mol. The van der Waals surface area contributed by atoms with E-state index in [0.717, 1.165) is 17.0 Å². The van der Waals surface area contributed by atoms with Gasteiger partial charge in [0.25, 0.3) is 0 Å². The van der Waals surface area contributed by atoms with E-state index in [1.165, 1.54) is 24.3 Å². The second kappa shape index (κ2) is 6.44. The largest absolute Gasteiger partial charge is 0.435 e. The van der Waals surface area contributed by atoms with Crippen molar-refractivity contribution in [2.24, 2.45) is 0 Å². The Morgan fingerprint density at radius 2 is 1.65 bits per heavy atom. The summed E-state index contributed by atoms with van der Waals surface area (Å²) >= 11 is 6.11. The fourth-order valence-electron chi connectivity index (χ4n) is 2.41. The van der Waals surface area contributed by atoms with Crippen LogP contribution in [-0.4, -0.2) is 24.5 Å². The van der Waals surface area contributed by atoms with Gasteiger partial charge in [-0.15, -0.1) is 0 Å². The van der Waals surface area contributed by atoms with E-state index in [1.54, 1.807) is 24.3 Å². The van der Waals surface area contributed by atoms with Crippen molar-refractivity contribution >= 4 is 21.4 Å². The van der Waals surface area contributed by atoms with Crippen LogP contribution in [0.4, 0.5) is 13.2 Å². The second-order valence-electron chi connectivity index (χ2n) is 5.57. The molecule has 136 valence electrons. The Morgan fingerprint density at radius 3 is 2.19 bits per heavy atom. The summed E-state index contributed by atoms with van der Waals surface area (Å²) in [5.74, 6) is 0. The smallest absolute Gasteiger partial charge is 0.231 e. The van der Waals surface area contributed by atoms with E-state index in [0.29, 0.717) is 5.56 Å². The number of aromatic nitrogens is 2. The van der Waals surface area contributed by atoms with Gasteiger partial charge in [0.1, 0.15) is 0 Å². The van der Waals surface area contributed by atoms with Crippen LogP contribution in [0.1, 0.15) is 5.69 Å². The molecule has 0 unspecified atom stereocenters. The normalized spacial score (nSPS) is 12.3. The number of sulfone groups is 1. The molecule has 0 N–H and O–H groups in total. The zero-order chi connectivity index (χ0) is 19.1. The molecular formula is C17H12ClF3N2O2S. The Bertz CT molecular complexity index is 1060. The topological polar surface area (TPSA) is 52.0 Å². The molecule has 2 aromatic carbocycles. The number of hydrogen-bond donors (Lipinski definition) is 0. The molecule has 0 fully saturated rings. The van der Waals surface area contributed by atoms with Gasteiger partial charge in [-0.1, -0.05) is 35.9 Å². The van der Waals surface area contributed by atoms with Crippen molar-refractivity contribution in [3.63, 3.8) is 0 Å². The summed E-state index contributed by atoms with van der Waals surface area (Å²) in [5.41, 5.74) is -0.266. The Kier molecular flexibility index (Phi) is 4.58. The van der Waals surface area contributed by atoms with Gasteiger partial charge in [-0.25, -0.2) is 13.1 Å². The highest BCUT2D eigenvalue weighted by atomic mass is 35.5. The maximum atomic E-state index is 13.1. The van der Waals surface area contributed by atoms with Crippen LogP contribution in [0.3, 0.4) is 0 Å². The SMILES string of the molecule is CS(=O)(=O)c1ccc(-c2cc(C(F)(F)F)nn2-c2ccccc2Cl)cc1. The Morgan fingerprint density at radius 1 is 1.04 bits per heavy atom. The third-order valence-corrected chi connectivity index (χ3v) is 5.11. The second-order valence-corrected chi connectivity index (χ2v) is 8.00. The van der Waals surface area contributed by atoms with Crippen molar-refractivity contribution in [3.05, 3.63) is 65.3 Å². The molecule has 4 nitrogen and oxygen atoms in total. The molecule has 0 amide bonds. The minimum atomic E-state index is -4.63. The molecule has 1 aromatic heterocycles. The van der Waals surface area contributed by atoms with Crippen LogP contribution in [0.2, 0.25) is 5.02 Å². The average molecular weight is 401 g/mol. The van der Waals surface area contributed by atoms with Crippen molar-refractivity contribution in [3.8, 4) is 16.9 Å². The number of alkyl halides is 3. The first-order valence-corrected chi connectivity index (χ1v) is 9.57. The molecule has 0 aliphatic heterocycles. The summed E-state index contributed by atoms with van der Waals surface area (Å²) in [6.07, 6.45) is -3.58. The summed E-state index contributed by atoms with van der Waals surface area (Å²) in [5, 5.41) is 3.88. The van der Waals surface area contributed by atoms with Gasteiger partial charge in [-0.2, -0.15) is 18.3 Å². The molecule has 0 saturated heterocycles. The summed E-state index contributed by atoms with van der Waals surface area (Å²) in [6, 6.07) is 12.8. The molecule has 0 saturated carbocycles. The molecule has 0 radical (unpaired) electrons. The van der Waals surface area contributed by atoms with Gasteiger partial charge in [0, 0.05) is 11.8 Å². The Balaban J connectivity index is 2.20. The third kappa shape index (κ3) is 3.61. The Labute approximate surface area is 152 Å². The van der Waals surface area contributed by atoms with Crippen molar-refractivity contribution in [1.82, 2.24) is 9.78 Å². The number of para-hydroxylation sites is 1. The number of halogens is 4. The highest BCUT2D eigenvalue weighted by Crippen LogP contribution is 2.34. The van der Waals surface area contributed by atoms with Crippen molar-refractivity contribution in [2.45, 2.75) is 11.1 Å². The number of hydrogen-bond acceptors (Lipinski definition) is 3. The van der Waals surface area contributed by atoms with Crippen molar-refractivity contribution in [2.75, 3.05) is 6.26 Å². The van der Waals surface area contributed by atoms with Crippen molar-refractivity contribution < 1.29 is 21.6 Å². The number of nitrogens with zero attached hydrogens (tertiary/aromatic N) is 2. The standard InChI is InChI=1S/C17H12ClF3N2O2S/c1-26(24,25)12-8-6-11(7-9-12)15-10-16(17(19,20)21)22-23(15)14-5-3-2-4-13(14)18/h2-10H,1H3. The average Bonchev–Trinajstić information content (AvgIpc) is 3.00. The van der Waals surface area contributed by atoms with Crippen LogP contribution in [0, 0.1) is 0 Å². The molecular weight excluding hydrogens is 389 g/mol. The van der Waals surface area contributed by atoms with E-state index in [1.807, 2.05) is 0 Å². The first-order chi connectivity index (χ1) is 12.1. The first-order valence-electron chi connectivity index (χ1n) is 7.30. The summed E-state index contributed by atoms with van der Waals surface area (Å²) in [7, 11) is -3.41. The van der Waals surface area contributed by atoms with Gasteiger partial charge < -0.3 is 0 Å². The van der Waals surface area contributed by atoms with Crippen LogP contribution >= 0.6 is 11.6 Å². The van der Waals surface area contributed by atoms with E-state index in [2.05, 4.69) is 5.10 Å².